The molecule has 0 amide bonds. The Labute approximate surface area is 104 Å². The number of allylic oxidation sites excluding steroid dienone is 2. The second kappa shape index (κ2) is 10.5. The molecule has 3 heteroatoms. The fourth-order valence-electron chi connectivity index (χ4n) is 1.85. The Bertz CT molecular complexity index is 208. The van der Waals surface area contributed by atoms with Crippen LogP contribution < -0.4 is 0 Å². The Kier molecular flexibility index (Phi) is 8.87. The van der Waals surface area contributed by atoms with E-state index in [0.717, 1.165) is 45.2 Å². The van der Waals surface area contributed by atoms with Crippen LogP contribution in [0.4, 0.5) is 0 Å². The first-order chi connectivity index (χ1) is 8.43. The van der Waals surface area contributed by atoms with Crippen LogP contribution in [-0.4, -0.2) is 25.8 Å². The smallest absolute Gasteiger partial charge is 0.157 e. The predicted octanol–water partition coefficient (Wildman–Crippen LogP) is 3.24. The molecule has 1 aliphatic rings. The molecular formula is C14H24O3. The van der Waals surface area contributed by atoms with Gasteiger partial charge in [-0.05, 0) is 38.5 Å². The number of hydrogen-bond donors (Lipinski definition) is 0. The maximum atomic E-state index is 10.1. The lowest BCUT2D eigenvalue weighted by atomic mass is 10.1. The van der Waals surface area contributed by atoms with E-state index in [-0.39, 0.29) is 6.29 Å². The van der Waals surface area contributed by atoms with Crippen molar-refractivity contribution in [2.45, 2.75) is 57.7 Å². The van der Waals surface area contributed by atoms with E-state index >= 15 is 0 Å². The monoisotopic (exact) mass is 240 g/mol. The number of carbonyl (C=O) groups is 1. The molecule has 0 bridgehead atoms. The van der Waals surface area contributed by atoms with E-state index in [1.807, 2.05) is 0 Å². The average molecular weight is 240 g/mol. The van der Waals surface area contributed by atoms with Crippen molar-refractivity contribution >= 4 is 6.29 Å². The Balaban J connectivity index is 1.83. The highest BCUT2D eigenvalue weighted by Gasteiger charge is 2.12. The Hall–Kier alpha value is -0.670. The third kappa shape index (κ3) is 8.11. The van der Waals surface area contributed by atoms with Gasteiger partial charge >= 0.3 is 0 Å². The van der Waals surface area contributed by atoms with Crippen LogP contribution in [0.5, 0.6) is 0 Å². The standard InChI is InChI=1S/C14H24O3/c15-11-8-6-4-2-1-3-5-7-10-14-16-12-9-13-17-14/h2,4,11,14H,1,3,5-10,12-13H2/b4-2-. The molecule has 0 aromatic carbocycles. The van der Waals surface area contributed by atoms with Crippen LogP contribution in [0.25, 0.3) is 0 Å². The fourth-order valence-corrected chi connectivity index (χ4v) is 1.85. The van der Waals surface area contributed by atoms with E-state index in [0.29, 0.717) is 6.42 Å². The summed E-state index contributed by atoms with van der Waals surface area (Å²) < 4.78 is 11.0. The maximum Gasteiger partial charge on any atom is 0.157 e. The molecule has 0 aromatic heterocycles. The summed E-state index contributed by atoms with van der Waals surface area (Å²) in [6.07, 6.45) is 13.6. The first kappa shape index (κ1) is 14.4. The number of rotatable bonds is 9. The first-order valence-electron chi connectivity index (χ1n) is 6.75. The van der Waals surface area contributed by atoms with Gasteiger partial charge in [0, 0.05) is 6.42 Å². The van der Waals surface area contributed by atoms with Gasteiger partial charge in [0.2, 0.25) is 0 Å². The van der Waals surface area contributed by atoms with Crippen LogP contribution in [0.2, 0.25) is 0 Å². The molecule has 1 rings (SSSR count). The molecule has 1 fully saturated rings. The minimum absolute atomic E-state index is 0.0480. The summed E-state index contributed by atoms with van der Waals surface area (Å²) in [6.45, 7) is 1.70. The highest BCUT2D eigenvalue weighted by Crippen LogP contribution is 2.13. The molecule has 0 unspecified atom stereocenters. The number of unbranched alkanes of at least 4 members (excludes halogenated alkanes) is 4. The summed E-state index contributed by atoms with van der Waals surface area (Å²) in [5.74, 6) is 0. The van der Waals surface area contributed by atoms with Crippen molar-refractivity contribution in [1.29, 1.82) is 0 Å². The second-order valence-corrected chi connectivity index (χ2v) is 4.38. The fraction of sp³-hybridized carbons (Fsp3) is 0.786. The highest BCUT2D eigenvalue weighted by molar-refractivity contribution is 5.49. The van der Waals surface area contributed by atoms with Gasteiger partial charge in [-0.15, -0.1) is 0 Å². The summed E-state index contributed by atoms with van der Waals surface area (Å²) in [5, 5.41) is 0. The Morgan fingerprint density at radius 3 is 2.47 bits per heavy atom. The molecule has 0 N–H and O–H groups in total. The molecule has 17 heavy (non-hydrogen) atoms. The van der Waals surface area contributed by atoms with E-state index in [4.69, 9.17) is 9.47 Å². The number of aldehydes is 1. The van der Waals surface area contributed by atoms with E-state index in [1.54, 1.807) is 0 Å². The maximum absolute atomic E-state index is 10.1. The molecule has 0 saturated carbocycles. The third-order valence-corrected chi connectivity index (χ3v) is 2.82. The van der Waals surface area contributed by atoms with Crippen molar-refractivity contribution in [2.24, 2.45) is 0 Å². The van der Waals surface area contributed by atoms with Crippen molar-refractivity contribution < 1.29 is 14.3 Å². The summed E-state index contributed by atoms with van der Waals surface area (Å²) >= 11 is 0. The topological polar surface area (TPSA) is 35.5 Å². The van der Waals surface area contributed by atoms with Gasteiger partial charge in [-0.3, -0.25) is 0 Å². The van der Waals surface area contributed by atoms with Gasteiger partial charge in [-0.25, -0.2) is 0 Å². The van der Waals surface area contributed by atoms with Crippen LogP contribution in [0.1, 0.15) is 51.4 Å². The van der Waals surface area contributed by atoms with Gasteiger partial charge in [0.1, 0.15) is 6.29 Å². The van der Waals surface area contributed by atoms with Crippen LogP contribution in [-0.2, 0) is 14.3 Å². The summed E-state index contributed by atoms with van der Waals surface area (Å²) in [5.41, 5.74) is 0. The molecule has 0 radical (unpaired) electrons. The number of carbonyl (C=O) groups excluding carboxylic acids is 1. The van der Waals surface area contributed by atoms with Crippen molar-refractivity contribution in [1.82, 2.24) is 0 Å². The number of hydrogen-bond acceptors (Lipinski definition) is 3. The van der Waals surface area contributed by atoms with E-state index < -0.39 is 0 Å². The Morgan fingerprint density at radius 2 is 1.71 bits per heavy atom. The van der Waals surface area contributed by atoms with Gasteiger partial charge in [0.15, 0.2) is 6.29 Å². The summed E-state index contributed by atoms with van der Waals surface area (Å²) in [7, 11) is 0. The van der Waals surface area contributed by atoms with Crippen molar-refractivity contribution in [3.8, 4) is 0 Å². The van der Waals surface area contributed by atoms with Crippen molar-refractivity contribution in [3.63, 3.8) is 0 Å². The average Bonchev–Trinajstić information content (AvgIpc) is 2.38. The third-order valence-electron chi connectivity index (χ3n) is 2.82. The van der Waals surface area contributed by atoms with E-state index in [1.165, 1.54) is 19.3 Å². The number of ether oxygens (including phenoxy) is 2. The van der Waals surface area contributed by atoms with Gasteiger partial charge < -0.3 is 14.3 Å². The zero-order chi connectivity index (χ0) is 12.2. The van der Waals surface area contributed by atoms with E-state index in [9.17, 15) is 4.79 Å². The van der Waals surface area contributed by atoms with Crippen molar-refractivity contribution in [3.05, 3.63) is 12.2 Å². The van der Waals surface area contributed by atoms with Crippen LogP contribution in [0.3, 0.4) is 0 Å². The van der Waals surface area contributed by atoms with Crippen LogP contribution >= 0.6 is 0 Å². The zero-order valence-electron chi connectivity index (χ0n) is 10.6. The molecule has 1 saturated heterocycles. The molecule has 1 aliphatic heterocycles. The lowest BCUT2D eigenvalue weighted by Gasteiger charge is -2.22. The first-order valence-corrected chi connectivity index (χ1v) is 6.75. The Morgan fingerprint density at radius 1 is 0.941 bits per heavy atom. The van der Waals surface area contributed by atoms with Crippen molar-refractivity contribution in [2.75, 3.05) is 13.2 Å². The zero-order valence-corrected chi connectivity index (χ0v) is 10.6. The molecule has 0 aromatic rings. The second-order valence-electron chi connectivity index (χ2n) is 4.38. The molecule has 0 aliphatic carbocycles. The lowest BCUT2D eigenvalue weighted by molar-refractivity contribution is -0.181. The van der Waals surface area contributed by atoms with Crippen LogP contribution in [0.15, 0.2) is 12.2 Å². The molecule has 1 heterocycles. The van der Waals surface area contributed by atoms with Gasteiger partial charge in [-0.1, -0.05) is 18.6 Å². The molecule has 0 spiro atoms. The summed E-state index contributed by atoms with van der Waals surface area (Å²) in [6, 6.07) is 0. The minimum atomic E-state index is 0.0480. The van der Waals surface area contributed by atoms with E-state index in [2.05, 4.69) is 12.2 Å². The minimum Gasteiger partial charge on any atom is -0.353 e. The van der Waals surface area contributed by atoms with Crippen LogP contribution in [0, 0.1) is 0 Å². The lowest BCUT2D eigenvalue weighted by Crippen LogP contribution is -2.24. The predicted molar refractivity (Wildman–Crippen MR) is 67.8 cm³/mol. The molecular weight excluding hydrogens is 216 g/mol. The summed E-state index contributed by atoms with van der Waals surface area (Å²) in [4.78, 5) is 10.1. The molecule has 0 atom stereocenters. The SMILES string of the molecule is O=CCC/C=C\CCCCCC1OCCCO1. The quantitative estimate of drug-likeness (QED) is 0.352. The molecule has 3 nitrogen and oxygen atoms in total. The normalized spacial score (nSPS) is 17.6. The largest absolute Gasteiger partial charge is 0.353 e. The highest BCUT2D eigenvalue weighted by atomic mass is 16.7. The molecule has 98 valence electrons. The van der Waals surface area contributed by atoms with Gasteiger partial charge in [0.25, 0.3) is 0 Å². The van der Waals surface area contributed by atoms with Gasteiger partial charge in [-0.2, -0.15) is 0 Å². The van der Waals surface area contributed by atoms with Gasteiger partial charge in [0.05, 0.1) is 13.2 Å².